The van der Waals surface area contributed by atoms with Gasteiger partial charge in [-0.2, -0.15) is 4.31 Å². The van der Waals surface area contributed by atoms with Crippen LogP contribution in [0.4, 0.5) is 0 Å². The summed E-state index contributed by atoms with van der Waals surface area (Å²) in [7, 11) is -3.75. The average molecular weight is 421 g/mol. The summed E-state index contributed by atoms with van der Waals surface area (Å²) in [5.41, 5.74) is 1.29. The van der Waals surface area contributed by atoms with Gasteiger partial charge in [-0.3, -0.25) is 9.78 Å². The number of piperidine rings is 1. The van der Waals surface area contributed by atoms with Crippen LogP contribution in [0.25, 0.3) is 0 Å². The van der Waals surface area contributed by atoms with Crippen molar-refractivity contribution in [2.24, 2.45) is 5.92 Å². The van der Waals surface area contributed by atoms with Crippen molar-refractivity contribution in [3.8, 4) is 0 Å². The van der Waals surface area contributed by atoms with Gasteiger partial charge < -0.3 is 9.42 Å². The number of hydrogen-bond donors (Lipinski definition) is 0. The highest BCUT2D eigenvalue weighted by Gasteiger charge is 2.38. The highest BCUT2D eigenvalue weighted by Crippen LogP contribution is 2.29. The molecule has 0 aromatic carbocycles. The maximum Gasteiger partial charge on any atom is 0.248 e. The van der Waals surface area contributed by atoms with E-state index in [1.807, 2.05) is 26.0 Å². The molecule has 2 aromatic heterocycles. The van der Waals surface area contributed by atoms with Gasteiger partial charge in [-0.1, -0.05) is 11.2 Å². The molecule has 3 heterocycles. The Bertz CT molecular complexity index is 937. The van der Waals surface area contributed by atoms with Crippen LogP contribution in [0.2, 0.25) is 0 Å². The summed E-state index contributed by atoms with van der Waals surface area (Å²) in [4.78, 5) is 19.3. The summed E-state index contributed by atoms with van der Waals surface area (Å²) in [5, 5.41) is 3.77. The van der Waals surface area contributed by atoms with Crippen LogP contribution in [0.3, 0.4) is 0 Å². The molecule has 158 valence electrons. The van der Waals surface area contributed by atoms with Crippen molar-refractivity contribution in [3.05, 3.63) is 41.5 Å². The van der Waals surface area contributed by atoms with E-state index in [0.717, 1.165) is 5.56 Å². The van der Waals surface area contributed by atoms with E-state index in [1.54, 1.807) is 31.1 Å². The van der Waals surface area contributed by atoms with E-state index in [9.17, 15) is 13.2 Å². The summed E-state index contributed by atoms with van der Waals surface area (Å²) in [6.07, 6.45) is 4.75. The number of amides is 1. The molecule has 1 amide bonds. The van der Waals surface area contributed by atoms with E-state index >= 15 is 0 Å². The van der Waals surface area contributed by atoms with Gasteiger partial charge in [0.25, 0.3) is 0 Å². The zero-order valence-corrected chi connectivity index (χ0v) is 18.1. The van der Waals surface area contributed by atoms with Gasteiger partial charge in [-0.05, 0) is 52.2 Å². The van der Waals surface area contributed by atoms with Gasteiger partial charge in [0.1, 0.15) is 10.6 Å². The fraction of sp³-hybridized carbons (Fsp3) is 0.550. The van der Waals surface area contributed by atoms with Gasteiger partial charge in [0.2, 0.25) is 15.9 Å². The Morgan fingerprint density at radius 2 is 2.14 bits per heavy atom. The van der Waals surface area contributed by atoms with Crippen molar-refractivity contribution in [2.75, 3.05) is 13.1 Å². The molecule has 0 bridgehead atoms. The maximum atomic E-state index is 13.3. The summed E-state index contributed by atoms with van der Waals surface area (Å²) < 4.78 is 32.7. The van der Waals surface area contributed by atoms with Gasteiger partial charge in [0, 0.05) is 38.1 Å². The Kier molecular flexibility index (Phi) is 6.38. The lowest BCUT2D eigenvalue weighted by Crippen LogP contribution is -2.48. The lowest BCUT2D eigenvalue weighted by molar-refractivity contribution is -0.139. The van der Waals surface area contributed by atoms with E-state index in [4.69, 9.17) is 4.52 Å². The van der Waals surface area contributed by atoms with Crippen LogP contribution in [0.5, 0.6) is 0 Å². The Balaban J connectivity index is 1.79. The number of nitrogens with zero attached hydrogens (tertiary/aromatic N) is 4. The molecule has 3 rings (SSSR count). The van der Waals surface area contributed by atoms with E-state index in [1.165, 1.54) is 4.31 Å². The van der Waals surface area contributed by atoms with Crippen LogP contribution in [0, 0.1) is 19.8 Å². The molecular weight excluding hydrogens is 392 g/mol. The molecule has 0 aliphatic carbocycles. The van der Waals surface area contributed by atoms with Crippen LogP contribution in [-0.2, 0) is 21.4 Å². The first-order valence-corrected chi connectivity index (χ1v) is 11.3. The highest BCUT2D eigenvalue weighted by molar-refractivity contribution is 7.89. The molecule has 0 spiro atoms. The third-order valence-electron chi connectivity index (χ3n) is 5.28. The van der Waals surface area contributed by atoms with Gasteiger partial charge in [-0.15, -0.1) is 0 Å². The third-order valence-corrected chi connectivity index (χ3v) is 7.39. The normalized spacial score (nSPS) is 18.2. The van der Waals surface area contributed by atoms with E-state index in [0.29, 0.717) is 31.6 Å². The van der Waals surface area contributed by atoms with Crippen LogP contribution < -0.4 is 0 Å². The quantitative estimate of drug-likeness (QED) is 0.712. The van der Waals surface area contributed by atoms with E-state index in [2.05, 4.69) is 10.1 Å². The first-order chi connectivity index (χ1) is 13.7. The van der Waals surface area contributed by atoms with Gasteiger partial charge in [-0.25, -0.2) is 8.42 Å². The predicted molar refractivity (Wildman–Crippen MR) is 107 cm³/mol. The topological polar surface area (TPSA) is 96.6 Å². The Hall–Kier alpha value is -2.26. The lowest BCUT2D eigenvalue weighted by atomic mass is 9.97. The van der Waals surface area contributed by atoms with Gasteiger partial charge in [0.05, 0.1) is 5.92 Å². The lowest BCUT2D eigenvalue weighted by Gasteiger charge is -2.36. The first kappa shape index (κ1) is 21.4. The maximum absolute atomic E-state index is 13.3. The van der Waals surface area contributed by atoms with Crippen molar-refractivity contribution in [1.29, 1.82) is 0 Å². The molecule has 8 nitrogen and oxygen atoms in total. The summed E-state index contributed by atoms with van der Waals surface area (Å²) in [6, 6.07) is 3.78. The Morgan fingerprint density at radius 3 is 2.72 bits per heavy atom. The van der Waals surface area contributed by atoms with Crippen LogP contribution in [0.15, 0.2) is 33.9 Å². The minimum absolute atomic E-state index is 0.00254. The second-order valence-electron chi connectivity index (χ2n) is 7.78. The average Bonchev–Trinajstić information content (AvgIpc) is 3.05. The molecule has 2 aromatic rings. The van der Waals surface area contributed by atoms with Crippen LogP contribution in [0.1, 0.15) is 43.7 Å². The molecule has 1 aliphatic rings. The minimum atomic E-state index is -3.75. The van der Waals surface area contributed by atoms with E-state index < -0.39 is 10.0 Å². The molecule has 0 saturated carbocycles. The fourth-order valence-corrected chi connectivity index (χ4v) is 5.59. The number of aryl methyl sites for hydroxylation is 2. The Morgan fingerprint density at radius 1 is 1.38 bits per heavy atom. The van der Waals surface area contributed by atoms with Crippen molar-refractivity contribution >= 4 is 15.9 Å². The number of carbonyl (C=O) groups is 1. The molecule has 1 unspecified atom stereocenters. The number of carbonyl (C=O) groups excluding carboxylic acids is 1. The number of pyridine rings is 1. The van der Waals surface area contributed by atoms with Crippen LogP contribution in [-0.4, -0.2) is 52.8 Å². The summed E-state index contributed by atoms with van der Waals surface area (Å²) >= 11 is 0. The molecule has 1 atom stereocenters. The van der Waals surface area contributed by atoms with Crippen LogP contribution >= 0.6 is 0 Å². The van der Waals surface area contributed by atoms with E-state index in [-0.39, 0.29) is 35.1 Å². The summed E-state index contributed by atoms with van der Waals surface area (Å²) in [5.74, 6) is -0.128. The summed E-state index contributed by atoms with van der Waals surface area (Å²) in [6.45, 7) is 8.16. The highest BCUT2D eigenvalue weighted by atomic mass is 32.2. The molecule has 0 N–H and O–H groups in total. The SMILES string of the molecule is Cc1noc(C)c1S(=O)(=O)N1CCCC(C(=O)N(Cc2cccnc2)C(C)C)C1. The standard InChI is InChI=1S/C20H28N4O4S/c1-14(2)24(12-17-7-5-9-21-11-17)20(25)18-8-6-10-23(13-18)29(26,27)19-15(3)22-28-16(19)4/h5,7,9,11,14,18H,6,8,10,12-13H2,1-4H3. The monoisotopic (exact) mass is 420 g/mol. The molecular formula is C20H28N4O4S. The van der Waals surface area contributed by atoms with Crippen molar-refractivity contribution in [2.45, 2.75) is 58.0 Å². The fourth-order valence-electron chi connectivity index (χ4n) is 3.77. The molecule has 29 heavy (non-hydrogen) atoms. The zero-order chi connectivity index (χ0) is 21.2. The predicted octanol–water partition coefficient (Wildman–Crippen LogP) is 2.52. The largest absolute Gasteiger partial charge is 0.360 e. The Labute approximate surface area is 171 Å². The minimum Gasteiger partial charge on any atom is -0.360 e. The van der Waals surface area contributed by atoms with Crippen molar-refractivity contribution < 1.29 is 17.7 Å². The number of sulfonamides is 1. The van der Waals surface area contributed by atoms with Crippen molar-refractivity contribution in [3.63, 3.8) is 0 Å². The second kappa shape index (κ2) is 8.62. The molecule has 1 aliphatic heterocycles. The molecule has 1 fully saturated rings. The second-order valence-corrected chi connectivity index (χ2v) is 9.65. The van der Waals surface area contributed by atoms with Crippen molar-refractivity contribution in [1.82, 2.24) is 19.3 Å². The zero-order valence-electron chi connectivity index (χ0n) is 17.3. The number of rotatable bonds is 6. The number of hydrogen-bond acceptors (Lipinski definition) is 6. The number of aromatic nitrogens is 2. The molecule has 9 heteroatoms. The molecule has 1 saturated heterocycles. The molecule has 0 radical (unpaired) electrons. The van der Waals surface area contributed by atoms with Gasteiger partial charge >= 0.3 is 0 Å². The first-order valence-electron chi connectivity index (χ1n) is 9.84. The third kappa shape index (κ3) is 4.51. The van der Waals surface area contributed by atoms with Gasteiger partial charge in [0.15, 0.2) is 5.76 Å². The smallest absolute Gasteiger partial charge is 0.248 e.